The van der Waals surface area contributed by atoms with Crippen LogP contribution in [0.15, 0.2) is 52.2 Å². The Morgan fingerprint density at radius 3 is 2.57 bits per heavy atom. The molecule has 0 aliphatic heterocycles. The fourth-order valence-electron chi connectivity index (χ4n) is 2.03. The van der Waals surface area contributed by atoms with Crippen LogP contribution in [0.2, 0.25) is 0 Å². The van der Waals surface area contributed by atoms with Crippen molar-refractivity contribution < 1.29 is 5.21 Å². The number of rotatable bonds is 5. The number of amidine groups is 1. The second-order valence-electron chi connectivity index (χ2n) is 4.83. The van der Waals surface area contributed by atoms with Gasteiger partial charge in [0.05, 0.1) is 0 Å². The average molecular weight is 349 g/mol. The summed E-state index contributed by atoms with van der Waals surface area (Å²) in [6.07, 6.45) is 1.66. The van der Waals surface area contributed by atoms with Crippen molar-refractivity contribution in [1.29, 1.82) is 0 Å². The van der Waals surface area contributed by atoms with Crippen molar-refractivity contribution in [3.05, 3.63) is 63.9 Å². The van der Waals surface area contributed by atoms with E-state index in [1.165, 1.54) is 5.56 Å². The number of oxime groups is 1. The zero-order valence-electron chi connectivity index (χ0n) is 11.7. The van der Waals surface area contributed by atoms with Crippen molar-refractivity contribution in [2.75, 3.05) is 7.05 Å². The maximum Gasteiger partial charge on any atom is 0.188 e. The van der Waals surface area contributed by atoms with Crippen LogP contribution in [-0.2, 0) is 13.1 Å². The van der Waals surface area contributed by atoms with Crippen LogP contribution in [0.1, 0.15) is 16.8 Å². The van der Waals surface area contributed by atoms with Crippen LogP contribution in [-0.4, -0.2) is 28.0 Å². The Balaban J connectivity index is 2.02. The lowest BCUT2D eigenvalue weighted by atomic mass is 10.2. The van der Waals surface area contributed by atoms with Crippen LogP contribution in [0.4, 0.5) is 0 Å². The molecule has 0 amide bonds. The van der Waals surface area contributed by atoms with E-state index < -0.39 is 0 Å². The van der Waals surface area contributed by atoms with Gasteiger partial charge >= 0.3 is 0 Å². The van der Waals surface area contributed by atoms with Crippen LogP contribution in [0, 0.1) is 0 Å². The van der Waals surface area contributed by atoms with Crippen LogP contribution in [0.3, 0.4) is 0 Å². The van der Waals surface area contributed by atoms with E-state index in [4.69, 9.17) is 10.9 Å². The number of benzene rings is 1. The molecule has 5 nitrogen and oxygen atoms in total. The molecular formula is C15H17BrN4O. The summed E-state index contributed by atoms with van der Waals surface area (Å²) in [6, 6.07) is 12.0. The van der Waals surface area contributed by atoms with E-state index in [2.05, 4.69) is 43.1 Å². The third-order valence-electron chi connectivity index (χ3n) is 3.01. The molecule has 0 saturated carbocycles. The number of nitrogens with zero attached hydrogens (tertiary/aromatic N) is 3. The zero-order valence-corrected chi connectivity index (χ0v) is 13.3. The molecule has 6 heteroatoms. The van der Waals surface area contributed by atoms with Gasteiger partial charge in [-0.3, -0.25) is 9.88 Å². The highest BCUT2D eigenvalue weighted by molar-refractivity contribution is 9.10. The molecule has 3 N–H and O–H groups in total. The molecule has 0 atom stereocenters. The SMILES string of the molecule is CN(Cc1ccc(Br)cc1)Cc1ccnc(C(N)=NO)c1. The molecule has 2 rings (SSSR count). The molecule has 0 aliphatic carbocycles. The van der Waals surface area contributed by atoms with E-state index >= 15 is 0 Å². The predicted octanol–water partition coefficient (Wildman–Crippen LogP) is 2.57. The highest BCUT2D eigenvalue weighted by atomic mass is 79.9. The first-order chi connectivity index (χ1) is 10.1. The van der Waals surface area contributed by atoms with Crippen molar-refractivity contribution >= 4 is 21.8 Å². The summed E-state index contributed by atoms with van der Waals surface area (Å²) in [4.78, 5) is 6.26. The number of halogens is 1. The minimum absolute atomic E-state index is 0.0208. The van der Waals surface area contributed by atoms with Gasteiger partial charge in [-0.1, -0.05) is 33.2 Å². The molecule has 0 spiro atoms. The summed E-state index contributed by atoms with van der Waals surface area (Å²) in [7, 11) is 2.05. The summed E-state index contributed by atoms with van der Waals surface area (Å²) < 4.78 is 1.08. The molecular weight excluding hydrogens is 332 g/mol. The standard InChI is InChI=1S/C15H17BrN4O/c1-20(9-11-2-4-13(16)5-3-11)10-12-6-7-18-14(8-12)15(17)19-21/h2-8,21H,9-10H2,1H3,(H2,17,19). The number of hydrogen-bond acceptors (Lipinski definition) is 4. The summed E-state index contributed by atoms with van der Waals surface area (Å²) in [6.45, 7) is 1.60. The van der Waals surface area contributed by atoms with Crippen LogP contribution in [0.5, 0.6) is 0 Å². The Labute approximate surface area is 132 Å². The van der Waals surface area contributed by atoms with Crippen molar-refractivity contribution in [2.24, 2.45) is 10.9 Å². The average Bonchev–Trinajstić information content (AvgIpc) is 2.49. The van der Waals surface area contributed by atoms with E-state index in [9.17, 15) is 0 Å². The lowest BCUT2D eigenvalue weighted by Crippen LogP contribution is -2.19. The third-order valence-corrected chi connectivity index (χ3v) is 3.54. The first kappa shape index (κ1) is 15.5. The quantitative estimate of drug-likeness (QED) is 0.377. The van der Waals surface area contributed by atoms with E-state index in [1.54, 1.807) is 6.20 Å². The van der Waals surface area contributed by atoms with E-state index in [0.29, 0.717) is 5.69 Å². The number of hydrogen-bond donors (Lipinski definition) is 2. The molecule has 0 aliphatic rings. The van der Waals surface area contributed by atoms with E-state index in [0.717, 1.165) is 23.1 Å². The number of nitrogens with two attached hydrogens (primary N) is 1. The minimum atomic E-state index is 0.0208. The number of pyridine rings is 1. The monoisotopic (exact) mass is 348 g/mol. The smallest absolute Gasteiger partial charge is 0.188 e. The molecule has 0 radical (unpaired) electrons. The van der Waals surface area contributed by atoms with Crippen molar-refractivity contribution in [3.63, 3.8) is 0 Å². The maximum atomic E-state index is 8.69. The molecule has 2 aromatic rings. The second kappa shape index (κ2) is 7.19. The number of aromatic nitrogens is 1. The lowest BCUT2D eigenvalue weighted by Gasteiger charge is -2.17. The van der Waals surface area contributed by atoms with Gasteiger partial charge in [0.1, 0.15) is 5.69 Å². The second-order valence-corrected chi connectivity index (χ2v) is 5.75. The van der Waals surface area contributed by atoms with Gasteiger partial charge in [0, 0.05) is 23.8 Å². The van der Waals surface area contributed by atoms with Crippen LogP contribution >= 0.6 is 15.9 Å². The molecule has 0 saturated heterocycles. The Hall–Kier alpha value is -1.92. The van der Waals surface area contributed by atoms with E-state index in [-0.39, 0.29) is 5.84 Å². The Kier molecular flexibility index (Phi) is 5.30. The van der Waals surface area contributed by atoms with Gasteiger partial charge in [0.15, 0.2) is 5.84 Å². The summed E-state index contributed by atoms with van der Waals surface area (Å²) in [5, 5.41) is 11.7. The van der Waals surface area contributed by atoms with Crippen molar-refractivity contribution in [3.8, 4) is 0 Å². The van der Waals surface area contributed by atoms with Crippen LogP contribution in [0.25, 0.3) is 0 Å². The zero-order chi connectivity index (χ0) is 15.2. The first-order valence-corrected chi connectivity index (χ1v) is 7.23. The lowest BCUT2D eigenvalue weighted by molar-refractivity contribution is 0.317. The molecule has 21 heavy (non-hydrogen) atoms. The van der Waals surface area contributed by atoms with Gasteiger partial charge < -0.3 is 10.9 Å². The summed E-state index contributed by atoms with van der Waals surface area (Å²) in [5.41, 5.74) is 8.33. The highest BCUT2D eigenvalue weighted by Gasteiger charge is 2.05. The molecule has 0 unspecified atom stereocenters. The largest absolute Gasteiger partial charge is 0.409 e. The minimum Gasteiger partial charge on any atom is -0.409 e. The Morgan fingerprint density at radius 1 is 1.24 bits per heavy atom. The van der Waals surface area contributed by atoms with Crippen molar-refractivity contribution in [1.82, 2.24) is 9.88 Å². The normalized spacial score (nSPS) is 11.9. The Bertz CT molecular complexity index is 628. The van der Waals surface area contributed by atoms with Gasteiger partial charge in [0.2, 0.25) is 0 Å². The molecule has 1 heterocycles. The molecule has 0 bridgehead atoms. The van der Waals surface area contributed by atoms with Gasteiger partial charge in [0.25, 0.3) is 0 Å². The van der Waals surface area contributed by atoms with Gasteiger partial charge in [-0.25, -0.2) is 0 Å². The molecule has 1 aromatic carbocycles. The maximum absolute atomic E-state index is 8.69. The molecule has 0 fully saturated rings. The predicted molar refractivity (Wildman–Crippen MR) is 86.1 cm³/mol. The molecule has 1 aromatic heterocycles. The van der Waals surface area contributed by atoms with Crippen LogP contribution < -0.4 is 5.73 Å². The third kappa shape index (κ3) is 4.54. The summed E-state index contributed by atoms with van der Waals surface area (Å²) in [5.74, 6) is 0.0208. The fourth-order valence-corrected chi connectivity index (χ4v) is 2.30. The molecule has 110 valence electrons. The van der Waals surface area contributed by atoms with Gasteiger partial charge in [-0.2, -0.15) is 0 Å². The Morgan fingerprint density at radius 2 is 1.90 bits per heavy atom. The van der Waals surface area contributed by atoms with Gasteiger partial charge in [-0.05, 0) is 42.4 Å². The first-order valence-electron chi connectivity index (χ1n) is 6.44. The highest BCUT2D eigenvalue weighted by Crippen LogP contribution is 2.13. The van der Waals surface area contributed by atoms with Crippen molar-refractivity contribution in [2.45, 2.75) is 13.1 Å². The van der Waals surface area contributed by atoms with E-state index in [1.807, 2.05) is 31.3 Å². The van der Waals surface area contributed by atoms with Gasteiger partial charge in [-0.15, -0.1) is 0 Å². The summed E-state index contributed by atoms with van der Waals surface area (Å²) >= 11 is 3.43. The fraction of sp³-hybridized carbons (Fsp3) is 0.200. The topological polar surface area (TPSA) is 74.7 Å².